The summed E-state index contributed by atoms with van der Waals surface area (Å²) in [6.07, 6.45) is 0. The largest absolute Gasteiger partial charge is 0.341 e. The molecule has 0 aliphatic rings. The molecule has 4 nitrogen and oxygen atoms in total. The van der Waals surface area contributed by atoms with Crippen LogP contribution in [0.25, 0.3) is 0 Å². The fourth-order valence-electron chi connectivity index (χ4n) is 1.64. The molecule has 7 heteroatoms. The predicted octanol–water partition coefficient (Wildman–Crippen LogP) is 4.28. The van der Waals surface area contributed by atoms with Crippen LogP contribution in [0, 0.1) is 0 Å². The fraction of sp³-hybridized carbons (Fsp3) is 0.308. The van der Waals surface area contributed by atoms with E-state index in [9.17, 15) is 0 Å². The van der Waals surface area contributed by atoms with Crippen molar-refractivity contribution in [1.29, 1.82) is 0 Å². The molecule has 20 heavy (non-hydrogen) atoms. The Morgan fingerprint density at radius 2 is 1.85 bits per heavy atom. The normalized spacial score (nSPS) is 10.6. The molecule has 0 N–H and O–H groups in total. The fourth-order valence-corrected chi connectivity index (χ4v) is 3.14. The Morgan fingerprint density at radius 1 is 1.15 bits per heavy atom. The number of nitrogens with zero attached hydrogens (tertiary/aromatic N) is 4. The molecular weight excluding hydrogens is 360 g/mol. The first-order valence-electron chi connectivity index (χ1n) is 6.23. The van der Waals surface area contributed by atoms with Crippen LogP contribution in [-0.4, -0.2) is 28.0 Å². The first kappa shape index (κ1) is 15.5. The molecule has 0 saturated carbocycles. The lowest BCUT2D eigenvalue weighted by atomic mass is 10.4. The highest BCUT2D eigenvalue weighted by Gasteiger charge is 2.12. The molecule has 0 saturated heterocycles. The van der Waals surface area contributed by atoms with E-state index in [1.54, 1.807) is 0 Å². The van der Waals surface area contributed by atoms with Gasteiger partial charge in [-0.05, 0) is 65.3 Å². The molecule has 0 aliphatic heterocycles. The first-order valence-corrected chi connectivity index (χ1v) is 8.21. The summed E-state index contributed by atoms with van der Waals surface area (Å²) in [5.41, 5.74) is 0. The summed E-state index contributed by atoms with van der Waals surface area (Å²) in [6, 6.07) is 7.93. The molecule has 0 radical (unpaired) electrons. The molecule has 0 aliphatic carbocycles. The molecule has 2 aromatic rings. The van der Waals surface area contributed by atoms with E-state index in [1.807, 2.05) is 29.2 Å². The monoisotopic (exact) mass is 372 g/mol. The molecule has 1 aromatic carbocycles. The highest BCUT2D eigenvalue weighted by atomic mass is 79.9. The minimum absolute atomic E-state index is 0.219. The van der Waals surface area contributed by atoms with Crippen molar-refractivity contribution >= 4 is 45.2 Å². The van der Waals surface area contributed by atoms with Crippen LogP contribution in [-0.2, 0) is 0 Å². The smallest absolute Gasteiger partial charge is 0.230 e. The van der Waals surface area contributed by atoms with Gasteiger partial charge in [-0.15, -0.1) is 0 Å². The molecule has 0 atom stereocenters. The van der Waals surface area contributed by atoms with Gasteiger partial charge in [-0.3, -0.25) is 0 Å². The lowest BCUT2D eigenvalue weighted by Crippen LogP contribution is -2.24. The van der Waals surface area contributed by atoms with E-state index in [2.05, 4.69) is 44.7 Å². The second-order valence-electron chi connectivity index (χ2n) is 3.89. The molecule has 1 aromatic heterocycles. The topological polar surface area (TPSA) is 41.9 Å². The summed E-state index contributed by atoms with van der Waals surface area (Å²) < 4.78 is 1.01. The van der Waals surface area contributed by atoms with Gasteiger partial charge in [0.1, 0.15) is 0 Å². The molecule has 0 fully saturated rings. The van der Waals surface area contributed by atoms with Crippen LogP contribution in [0.5, 0.6) is 0 Å². The maximum atomic E-state index is 6.00. The molecule has 0 unspecified atom stereocenters. The lowest BCUT2D eigenvalue weighted by Gasteiger charge is -2.18. The molecule has 1 heterocycles. The van der Waals surface area contributed by atoms with E-state index in [1.165, 1.54) is 11.8 Å². The van der Waals surface area contributed by atoms with Gasteiger partial charge in [0, 0.05) is 22.5 Å². The van der Waals surface area contributed by atoms with Gasteiger partial charge in [0.25, 0.3) is 0 Å². The number of anilines is 1. The van der Waals surface area contributed by atoms with Crippen molar-refractivity contribution in [3.63, 3.8) is 0 Å². The highest BCUT2D eigenvalue weighted by molar-refractivity contribution is 9.10. The van der Waals surface area contributed by atoms with Crippen LogP contribution < -0.4 is 4.90 Å². The lowest BCUT2D eigenvalue weighted by molar-refractivity contribution is 0.782. The average molecular weight is 374 g/mol. The highest BCUT2D eigenvalue weighted by Crippen LogP contribution is 2.32. The third kappa shape index (κ3) is 3.84. The Labute approximate surface area is 136 Å². The van der Waals surface area contributed by atoms with Gasteiger partial charge in [-0.25, -0.2) is 0 Å². The molecular formula is C13H14BrClN4S. The van der Waals surface area contributed by atoms with Crippen molar-refractivity contribution in [3.8, 4) is 0 Å². The Kier molecular flexibility index (Phi) is 5.63. The maximum absolute atomic E-state index is 6.00. The van der Waals surface area contributed by atoms with E-state index < -0.39 is 0 Å². The van der Waals surface area contributed by atoms with Crippen molar-refractivity contribution in [3.05, 3.63) is 34.0 Å². The van der Waals surface area contributed by atoms with Gasteiger partial charge in [0.05, 0.1) is 0 Å². The standard InChI is InChI=1S/C13H14BrClN4S/c1-3-19(4-2)12-16-11(15)17-13(18-12)20-10-8-6-5-7-9(10)14/h5-8H,3-4H2,1-2H3. The van der Waals surface area contributed by atoms with Gasteiger partial charge >= 0.3 is 0 Å². The van der Waals surface area contributed by atoms with Crippen LogP contribution in [0.3, 0.4) is 0 Å². The van der Waals surface area contributed by atoms with Crippen LogP contribution in [0.2, 0.25) is 5.28 Å². The van der Waals surface area contributed by atoms with E-state index in [0.717, 1.165) is 22.5 Å². The number of benzene rings is 1. The van der Waals surface area contributed by atoms with Gasteiger partial charge in [0.15, 0.2) is 5.16 Å². The number of hydrogen-bond donors (Lipinski definition) is 0. The molecule has 2 rings (SSSR count). The average Bonchev–Trinajstić information content (AvgIpc) is 2.42. The summed E-state index contributed by atoms with van der Waals surface area (Å²) in [5, 5.41) is 0.815. The molecule has 0 amide bonds. The molecule has 0 spiro atoms. The third-order valence-corrected chi connectivity index (χ3v) is 4.72. The third-order valence-electron chi connectivity index (χ3n) is 2.66. The number of aromatic nitrogens is 3. The maximum Gasteiger partial charge on any atom is 0.230 e. The summed E-state index contributed by atoms with van der Waals surface area (Å²) in [7, 11) is 0. The number of halogens is 2. The van der Waals surface area contributed by atoms with Gasteiger partial charge in [-0.2, -0.15) is 15.0 Å². The van der Waals surface area contributed by atoms with Crippen LogP contribution in [0.4, 0.5) is 5.95 Å². The number of hydrogen-bond acceptors (Lipinski definition) is 5. The zero-order chi connectivity index (χ0) is 14.5. The van der Waals surface area contributed by atoms with E-state index in [0.29, 0.717) is 11.1 Å². The van der Waals surface area contributed by atoms with Crippen molar-refractivity contribution in [2.75, 3.05) is 18.0 Å². The zero-order valence-corrected chi connectivity index (χ0v) is 14.3. The number of rotatable bonds is 5. The van der Waals surface area contributed by atoms with Crippen molar-refractivity contribution in [2.45, 2.75) is 23.9 Å². The van der Waals surface area contributed by atoms with Crippen molar-refractivity contribution in [1.82, 2.24) is 15.0 Å². The minimum atomic E-state index is 0.219. The van der Waals surface area contributed by atoms with Crippen LogP contribution in [0.15, 0.2) is 38.8 Å². The van der Waals surface area contributed by atoms with Crippen molar-refractivity contribution in [2.24, 2.45) is 0 Å². The quantitative estimate of drug-likeness (QED) is 0.782. The van der Waals surface area contributed by atoms with Crippen LogP contribution in [0.1, 0.15) is 13.8 Å². The second-order valence-corrected chi connectivity index (χ2v) is 6.09. The Balaban J connectivity index is 2.31. The SMILES string of the molecule is CCN(CC)c1nc(Cl)nc(Sc2ccccc2Br)n1. The van der Waals surface area contributed by atoms with E-state index in [-0.39, 0.29) is 5.28 Å². The molecule has 106 valence electrons. The second kappa shape index (κ2) is 7.24. The van der Waals surface area contributed by atoms with E-state index in [4.69, 9.17) is 11.6 Å². The van der Waals surface area contributed by atoms with Crippen LogP contribution >= 0.6 is 39.3 Å². The Hall–Kier alpha value is -0.850. The first-order chi connectivity index (χ1) is 9.63. The van der Waals surface area contributed by atoms with Gasteiger partial charge in [-0.1, -0.05) is 12.1 Å². The van der Waals surface area contributed by atoms with Crippen molar-refractivity contribution < 1.29 is 0 Å². The van der Waals surface area contributed by atoms with E-state index >= 15 is 0 Å². The summed E-state index contributed by atoms with van der Waals surface area (Å²) >= 11 is 11.0. The zero-order valence-electron chi connectivity index (χ0n) is 11.2. The Bertz CT molecular complexity index is 592. The van der Waals surface area contributed by atoms with Gasteiger partial charge < -0.3 is 4.90 Å². The summed E-state index contributed by atoms with van der Waals surface area (Å²) in [6.45, 7) is 5.77. The minimum Gasteiger partial charge on any atom is -0.341 e. The summed E-state index contributed by atoms with van der Waals surface area (Å²) in [5.74, 6) is 0.615. The predicted molar refractivity (Wildman–Crippen MR) is 86.7 cm³/mol. The Morgan fingerprint density at radius 3 is 2.50 bits per heavy atom. The van der Waals surface area contributed by atoms with Gasteiger partial charge in [0.2, 0.25) is 11.2 Å². The summed E-state index contributed by atoms with van der Waals surface area (Å²) in [4.78, 5) is 15.9. The molecule has 0 bridgehead atoms.